The van der Waals surface area contributed by atoms with Gasteiger partial charge >= 0.3 is 0 Å². The lowest BCUT2D eigenvalue weighted by Crippen LogP contribution is -2.14. The van der Waals surface area contributed by atoms with Gasteiger partial charge in [-0.15, -0.1) is 11.3 Å². The summed E-state index contributed by atoms with van der Waals surface area (Å²) in [6.45, 7) is 1.92. The van der Waals surface area contributed by atoms with Crippen molar-refractivity contribution in [3.63, 3.8) is 0 Å². The highest BCUT2D eigenvalue weighted by Gasteiger charge is 2.17. The molecule has 0 aliphatic carbocycles. The molecule has 0 saturated heterocycles. The van der Waals surface area contributed by atoms with Crippen molar-refractivity contribution in [1.29, 1.82) is 0 Å². The zero-order chi connectivity index (χ0) is 14.8. The molecule has 1 unspecified atom stereocenters. The lowest BCUT2D eigenvalue weighted by molar-refractivity contribution is 0.595. The molecule has 2 aromatic rings. The Bertz CT molecular complexity index is 700. The molecule has 0 aliphatic heterocycles. The van der Waals surface area contributed by atoms with E-state index in [0.717, 1.165) is 11.8 Å². The van der Waals surface area contributed by atoms with Crippen molar-refractivity contribution in [3.8, 4) is 0 Å². The van der Waals surface area contributed by atoms with Crippen LogP contribution in [0, 0.1) is 5.82 Å². The Morgan fingerprint density at radius 1 is 1.40 bits per heavy atom. The highest BCUT2D eigenvalue weighted by atomic mass is 32.2. The molecular weight excluding hydrogens is 301 g/mol. The van der Waals surface area contributed by atoms with Crippen LogP contribution < -0.4 is 10.0 Å². The Morgan fingerprint density at radius 3 is 2.80 bits per heavy atom. The van der Waals surface area contributed by atoms with Crippen LogP contribution in [-0.2, 0) is 10.0 Å². The van der Waals surface area contributed by atoms with E-state index < -0.39 is 15.8 Å². The van der Waals surface area contributed by atoms with E-state index in [1.165, 1.54) is 29.5 Å². The first-order valence-electron chi connectivity index (χ1n) is 5.83. The standard InChI is InChI=1S/C12H14FN3O2S2/c1-8(14-2)11-7-19-12(15-11)16-20(17,18)10-5-3-4-9(13)6-10/h3-8,14H,1-2H3,(H,15,16). The van der Waals surface area contributed by atoms with Gasteiger partial charge in [0.1, 0.15) is 5.82 Å². The monoisotopic (exact) mass is 315 g/mol. The minimum absolute atomic E-state index is 0.0265. The zero-order valence-corrected chi connectivity index (χ0v) is 12.6. The third kappa shape index (κ3) is 3.33. The van der Waals surface area contributed by atoms with E-state index in [-0.39, 0.29) is 16.1 Å². The molecule has 2 N–H and O–H groups in total. The predicted molar refractivity (Wildman–Crippen MR) is 76.8 cm³/mol. The fraction of sp³-hybridized carbons (Fsp3) is 0.250. The average Bonchev–Trinajstić information content (AvgIpc) is 2.85. The second-order valence-electron chi connectivity index (χ2n) is 4.15. The molecule has 5 nitrogen and oxygen atoms in total. The number of halogens is 1. The summed E-state index contributed by atoms with van der Waals surface area (Å²) in [6, 6.07) is 4.86. The van der Waals surface area contributed by atoms with Gasteiger partial charge in [0, 0.05) is 11.4 Å². The quantitative estimate of drug-likeness (QED) is 0.888. The second kappa shape index (κ2) is 5.86. The van der Waals surface area contributed by atoms with Gasteiger partial charge in [-0.25, -0.2) is 17.8 Å². The lowest BCUT2D eigenvalue weighted by Gasteiger charge is -2.06. The summed E-state index contributed by atoms with van der Waals surface area (Å²) in [6.07, 6.45) is 0. The summed E-state index contributed by atoms with van der Waals surface area (Å²) < 4.78 is 39.6. The normalized spacial score (nSPS) is 13.2. The maximum atomic E-state index is 13.1. The fourth-order valence-electron chi connectivity index (χ4n) is 1.49. The SMILES string of the molecule is CNC(C)c1csc(NS(=O)(=O)c2cccc(F)c2)n1. The zero-order valence-electron chi connectivity index (χ0n) is 10.9. The minimum Gasteiger partial charge on any atom is -0.312 e. The molecule has 1 atom stereocenters. The van der Waals surface area contributed by atoms with Crippen molar-refractivity contribution in [2.75, 3.05) is 11.8 Å². The van der Waals surface area contributed by atoms with Gasteiger partial charge in [-0.3, -0.25) is 4.72 Å². The maximum Gasteiger partial charge on any atom is 0.263 e. The van der Waals surface area contributed by atoms with Gasteiger partial charge in [-0.1, -0.05) is 6.07 Å². The summed E-state index contributed by atoms with van der Waals surface area (Å²) in [5.74, 6) is -0.600. The van der Waals surface area contributed by atoms with Crippen LogP contribution in [0.5, 0.6) is 0 Å². The number of hydrogen-bond acceptors (Lipinski definition) is 5. The van der Waals surface area contributed by atoms with Crippen molar-refractivity contribution in [1.82, 2.24) is 10.3 Å². The fourth-order valence-corrected chi connectivity index (χ4v) is 3.58. The number of anilines is 1. The number of nitrogens with zero attached hydrogens (tertiary/aromatic N) is 1. The summed E-state index contributed by atoms with van der Waals surface area (Å²) in [5, 5.41) is 5.04. The molecule has 0 fully saturated rings. The van der Waals surface area contributed by atoms with E-state index in [2.05, 4.69) is 15.0 Å². The number of nitrogens with one attached hydrogen (secondary N) is 2. The van der Waals surface area contributed by atoms with Gasteiger partial charge in [-0.2, -0.15) is 0 Å². The van der Waals surface area contributed by atoms with Gasteiger partial charge in [0.2, 0.25) is 0 Å². The second-order valence-corrected chi connectivity index (χ2v) is 6.69. The van der Waals surface area contributed by atoms with Gasteiger partial charge in [0.15, 0.2) is 5.13 Å². The molecule has 0 saturated carbocycles. The summed E-state index contributed by atoms with van der Waals surface area (Å²) >= 11 is 1.18. The molecule has 1 heterocycles. The molecule has 20 heavy (non-hydrogen) atoms. The van der Waals surface area contributed by atoms with E-state index in [4.69, 9.17) is 0 Å². The first-order valence-corrected chi connectivity index (χ1v) is 8.20. The molecule has 0 amide bonds. The van der Waals surface area contributed by atoms with Crippen LogP contribution in [0.1, 0.15) is 18.7 Å². The van der Waals surface area contributed by atoms with Crippen LogP contribution in [0.15, 0.2) is 34.5 Å². The van der Waals surface area contributed by atoms with Crippen molar-refractivity contribution in [2.24, 2.45) is 0 Å². The summed E-state index contributed by atoms with van der Waals surface area (Å²) in [5.41, 5.74) is 0.745. The molecule has 0 radical (unpaired) electrons. The average molecular weight is 315 g/mol. The van der Waals surface area contributed by atoms with Crippen molar-refractivity contribution in [2.45, 2.75) is 17.9 Å². The molecule has 108 valence electrons. The molecule has 2 rings (SSSR count). The number of hydrogen-bond donors (Lipinski definition) is 2. The molecule has 0 bridgehead atoms. The summed E-state index contributed by atoms with van der Waals surface area (Å²) in [4.78, 5) is 4.06. The van der Waals surface area contributed by atoms with Gasteiger partial charge in [0.05, 0.1) is 10.6 Å². The van der Waals surface area contributed by atoms with Crippen LogP contribution in [0.25, 0.3) is 0 Å². The van der Waals surface area contributed by atoms with Crippen LogP contribution in [0.4, 0.5) is 9.52 Å². The number of benzene rings is 1. The van der Waals surface area contributed by atoms with Gasteiger partial charge in [-0.05, 0) is 32.2 Å². The molecule has 1 aromatic heterocycles. The van der Waals surface area contributed by atoms with E-state index in [0.29, 0.717) is 0 Å². The van der Waals surface area contributed by atoms with E-state index in [9.17, 15) is 12.8 Å². The number of thiazole rings is 1. The van der Waals surface area contributed by atoms with Crippen molar-refractivity contribution >= 4 is 26.5 Å². The smallest absolute Gasteiger partial charge is 0.263 e. The van der Waals surface area contributed by atoms with Crippen LogP contribution in [0.2, 0.25) is 0 Å². The van der Waals surface area contributed by atoms with E-state index in [1.807, 2.05) is 6.92 Å². The topological polar surface area (TPSA) is 71.1 Å². The Hall–Kier alpha value is -1.51. The molecule has 0 spiro atoms. The maximum absolute atomic E-state index is 13.1. The number of aromatic nitrogens is 1. The number of rotatable bonds is 5. The Morgan fingerprint density at radius 2 is 2.15 bits per heavy atom. The van der Waals surface area contributed by atoms with Gasteiger partial charge < -0.3 is 5.32 Å². The van der Waals surface area contributed by atoms with E-state index >= 15 is 0 Å². The molecular formula is C12H14FN3O2S2. The van der Waals surface area contributed by atoms with Crippen LogP contribution in [-0.4, -0.2) is 20.4 Å². The number of sulfonamides is 1. The third-order valence-corrected chi connectivity index (χ3v) is 4.97. The Kier molecular flexibility index (Phi) is 4.36. The predicted octanol–water partition coefficient (Wildman–Crippen LogP) is 2.36. The highest BCUT2D eigenvalue weighted by Crippen LogP contribution is 2.23. The Labute approximate surface area is 120 Å². The first kappa shape index (κ1) is 14.9. The van der Waals surface area contributed by atoms with Crippen LogP contribution in [0.3, 0.4) is 0 Å². The first-order chi connectivity index (χ1) is 9.42. The van der Waals surface area contributed by atoms with Crippen molar-refractivity contribution < 1.29 is 12.8 Å². The summed E-state index contributed by atoms with van der Waals surface area (Å²) in [7, 11) is -2.03. The molecule has 1 aromatic carbocycles. The molecule has 8 heteroatoms. The largest absolute Gasteiger partial charge is 0.312 e. The Balaban J connectivity index is 2.22. The molecule has 0 aliphatic rings. The minimum atomic E-state index is -3.82. The van der Waals surface area contributed by atoms with Crippen LogP contribution >= 0.6 is 11.3 Å². The van der Waals surface area contributed by atoms with Gasteiger partial charge in [0.25, 0.3) is 10.0 Å². The van der Waals surface area contributed by atoms with Crippen molar-refractivity contribution in [3.05, 3.63) is 41.2 Å². The highest BCUT2D eigenvalue weighted by molar-refractivity contribution is 7.93. The lowest BCUT2D eigenvalue weighted by atomic mass is 10.3. The third-order valence-electron chi connectivity index (χ3n) is 2.73. The van der Waals surface area contributed by atoms with E-state index in [1.54, 1.807) is 12.4 Å².